The van der Waals surface area contributed by atoms with Gasteiger partial charge in [-0.15, -0.1) is 0 Å². The molecule has 2 heterocycles. The van der Waals surface area contributed by atoms with Crippen molar-refractivity contribution in [1.29, 1.82) is 0 Å². The van der Waals surface area contributed by atoms with Crippen LogP contribution in [-0.2, 0) is 14.1 Å². The van der Waals surface area contributed by atoms with Gasteiger partial charge in [0.25, 0.3) is 11.1 Å². The second-order valence-electron chi connectivity index (χ2n) is 6.46. The molecule has 0 bridgehead atoms. The van der Waals surface area contributed by atoms with Crippen LogP contribution in [0.4, 0.5) is 11.4 Å². The van der Waals surface area contributed by atoms with E-state index >= 15 is 0 Å². The molecule has 0 spiro atoms. The Balaban J connectivity index is 2.16. The molecule has 0 unspecified atom stereocenters. The van der Waals surface area contributed by atoms with Crippen LogP contribution in [0, 0.1) is 0 Å². The minimum atomic E-state index is -0.501. The Morgan fingerprint density at radius 3 is 2.04 bits per heavy atom. The van der Waals surface area contributed by atoms with Crippen LogP contribution in [0.3, 0.4) is 0 Å². The molecule has 4 rings (SSSR count). The average Bonchev–Trinajstić information content (AvgIpc) is 2.71. The molecule has 0 radical (unpaired) electrons. The molecule has 7 heteroatoms. The summed E-state index contributed by atoms with van der Waals surface area (Å²) in [5.41, 5.74) is 0.587. The molecule has 28 heavy (non-hydrogen) atoms. The van der Waals surface area contributed by atoms with Crippen molar-refractivity contribution in [2.45, 2.75) is 0 Å². The molecule has 1 N–H and O–H groups in total. The van der Waals surface area contributed by atoms with E-state index in [9.17, 15) is 14.4 Å². The minimum absolute atomic E-state index is 0.241. The van der Waals surface area contributed by atoms with E-state index in [2.05, 4.69) is 5.32 Å². The molecule has 0 aliphatic rings. The van der Waals surface area contributed by atoms with Gasteiger partial charge >= 0.3 is 5.69 Å². The third kappa shape index (κ3) is 2.73. The van der Waals surface area contributed by atoms with Gasteiger partial charge in [-0.2, -0.15) is 0 Å². The third-order valence-electron chi connectivity index (χ3n) is 4.67. The minimum Gasteiger partial charge on any atom is -0.355 e. The number of nitrogens with one attached hydrogen (secondary N) is 1. The number of hydrogen-bond donors (Lipinski definition) is 1. The molecule has 0 aliphatic heterocycles. The zero-order chi connectivity index (χ0) is 19.8. The van der Waals surface area contributed by atoms with Crippen LogP contribution in [0.5, 0.6) is 0 Å². The highest BCUT2D eigenvalue weighted by Crippen LogP contribution is 2.23. The number of benzene rings is 2. The molecule has 4 aromatic rings. The number of hydrogen-bond acceptors (Lipinski definition) is 4. The summed E-state index contributed by atoms with van der Waals surface area (Å²) in [5.74, 6) is 0. The van der Waals surface area contributed by atoms with Crippen LogP contribution in [-0.4, -0.2) is 13.7 Å². The summed E-state index contributed by atoms with van der Waals surface area (Å²) in [6, 6.07) is 19.6. The fourth-order valence-corrected chi connectivity index (χ4v) is 3.30. The Hall–Kier alpha value is -3.87. The van der Waals surface area contributed by atoms with Gasteiger partial charge in [-0.3, -0.25) is 23.3 Å². The van der Waals surface area contributed by atoms with Gasteiger partial charge in [0.05, 0.1) is 11.4 Å². The van der Waals surface area contributed by atoms with Crippen molar-refractivity contribution < 1.29 is 0 Å². The van der Waals surface area contributed by atoms with Crippen LogP contribution in [0.15, 0.2) is 81.1 Å². The number of rotatable bonds is 3. The van der Waals surface area contributed by atoms with Gasteiger partial charge in [-0.25, -0.2) is 4.79 Å². The topological polar surface area (TPSA) is 78.0 Å². The molecule has 0 atom stereocenters. The van der Waals surface area contributed by atoms with Gasteiger partial charge in [0.2, 0.25) is 0 Å². The lowest BCUT2D eigenvalue weighted by Gasteiger charge is -2.17. The van der Waals surface area contributed by atoms with Gasteiger partial charge in [-0.05, 0) is 24.3 Å². The molecule has 0 fully saturated rings. The van der Waals surface area contributed by atoms with Crippen molar-refractivity contribution >= 4 is 22.4 Å². The summed E-state index contributed by atoms with van der Waals surface area (Å²) in [4.78, 5) is 38.6. The Bertz CT molecular complexity index is 1350. The maximum atomic E-state index is 13.0. The second-order valence-corrected chi connectivity index (χ2v) is 6.46. The van der Waals surface area contributed by atoms with Crippen molar-refractivity contribution in [1.82, 2.24) is 13.7 Å². The van der Waals surface area contributed by atoms with Crippen LogP contribution in [0.25, 0.3) is 16.7 Å². The number of fused-ring (bicyclic) bond motifs is 1. The van der Waals surface area contributed by atoms with Crippen molar-refractivity contribution in [3.05, 3.63) is 97.9 Å². The Morgan fingerprint density at radius 1 is 0.786 bits per heavy atom. The highest BCUT2D eigenvalue weighted by atomic mass is 16.2. The second kappa shape index (κ2) is 6.70. The number of aryl methyl sites for hydroxylation is 1. The van der Waals surface area contributed by atoms with Gasteiger partial charge in [-0.1, -0.05) is 36.4 Å². The van der Waals surface area contributed by atoms with E-state index in [-0.39, 0.29) is 16.6 Å². The molecule has 2 aromatic carbocycles. The predicted molar refractivity (Wildman–Crippen MR) is 110 cm³/mol. The molecule has 2 aromatic heterocycles. The lowest BCUT2D eigenvalue weighted by Crippen LogP contribution is -2.39. The fraction of sp³-hybridized carbons (Fsp3) is 0.0952. The van der Waals surface area contributed by atoms with Gasteiger partial charge in [0.15, 0.2) is 0 Å². The summed E-state index contributed by atoms with van der Waals surface area (Å²) in [7, 11) is 2.98. The lowest BCUT2D eigenvalue weighted by atomic mass is 10.2. The molecule has 0 amide bonds. The van der Waals surface area contributed by atoms with E-state index in [0.717, 1.165) is 10.3 Å². The van der Waals surface area contributed by atoms with Gasteiger partial charge in [0, 0.05) is 25.8 Å². The monoisotopic (exact) mass is 374 g/mol. The molecule has 0 saturated heterocycles. The van der Waals surface area contributed by atoms with Gasteiger partial charge < -0.3 is 5.32 Å². The summed E-state index contributed by atoms with van der Waals surface area (Å²) in [6.07, 6.45) is 0. The van der Waals surface area contributed by atoms with Gasteiger partial charge in [0.1, 0.15) is 11.0 Å². The summed E-state index contributed by atoms with van der Waals surface area (Å²) < 4.78 is 3.74. The van der Waals surface area contributed by atoms with Crippen molar-refractivity contribution in [2.75, 3.05) is 5.32 Å². The largest absolute Gasteiger partial charge is 0.355 e. The zero-order valence-electron chi connectivity index (χ0n) is 15.4. The van der Waals surface area contributed by atoms with E-state index < -0.39 is 11.2 Å². The number of para-hydroxylation sites is 2. The summed E-state index contributed by atoms with van der Waals surface area (Å²) in [5, 5.41) is 3.40. The first-order valence-electron chi connectivity index (χ1n) is 8.72. The Labute approximate surface area is 159 Å². The van der Waals surface area contributed by atoms with E-state index in [1.807, 2.05) is 36.4 Å². The molecular weight excluding hydrogens is 356 g/mol. The predicted octanol–water partition coefficient (Wildman–Crippen LogP) is 2.13. The van der Waals surface area contributed by atoms with E-state index in [0.29, 0.717) is 11.4 Å². The number of anilines is 2. The van der Waals surface area contributed by atoms with Crippen molar-refractivity contribution in [3.8, 4) is 5.69 Å². The number of aromatic nitrogens is 3. The smallest absolute Gasteiger partial charge is 0.332 e. The number of nitrogens with zero attached hydrogens (tertiary/aromatic N) is 3. The van der Waals surface area contributed by atoms with Crippen LogP contribution < -0.4 is 22.1 Å². The standard InChI is InChI=1S/C21H18N4O3/c1-23-19-18(20(27)24(2)21(23)28)16(22-14-9-5-3-6-10-14)13-17(26)25(19)15-11-7-4-8-12-15/h3-13,22H,1-2H3. The van der Waals surface area contributed by atoms with Crippen LogP contribution in [0.1, 0.15) is 0 Å². The Morgan fingerprint density at radius 2 is 1.39 bits per heavy atom. The third-order valence-corrected chi connectivity index (χ3v) is 4.67. The summed E-state index contributed by atoms with van der Waals surface area (Å²) in [6.45, 7) is 0. The van der Waals surface area contributed by atoms with E-state index in [4.69, 9.17) is 0 Å². The quantitative estimate of drug-likeness (QED) is 0.596. The first-order valence-corrected chi connectivity index (χ1v) is 8.72. The number of pyridine rings is 1. The highest BCUT2D eigenvalue weighted by molar-refractivity contribution is 5.91. The van der Waals surface area contributed by atoms with Crippen molar-refractivity contribution in [3.63, 3.8) is 0 Å². The lowest BCUT2D eigenvalue weighted by molar-refractivity contribution is 0.699. The SMILES string of the molecule is Cn1c(=O)c2c(Nc3ccccc3)cc(=O)n(-c3ccccc3)c2n(C)c1=O. The molecule has 140 valence electrons. The van der Waals surface area contributed by atoms with Crippen molar-refractivity contribution in [2.24, 2.45) is 14.1 Å². The molecule has 0 saturated carbocycles. The zero-order valence-corrected chi connectivity index (χ0v) is 15.4. The molecular formula is C21H18N4O3. The first kappa shape index (κ1) is 17.5. The van der Waals surface area contributed by atoms with E-state index in [1.54, 1.807) is 31.3 Å². The Kier molecular flexibility index (Phi) is 4.19. The van der Waals surface area contributed by atoms with Crippen LogP contribution >= 0.6 is 0 Å². The normalized spacial score (nSPS) is 10.9. The highest BCUT2D eigenvalue weighted by Gasteiger charge is 2.19. The fourth-order valence-electron chi connectivity index (χ4n) is 3.30. The summed E-state index contributed by atoms with van der Waals surface area (Å²) >= 11 is 0. The van der Waals surface area contributed by atoms with Crippen LogP contribution in [0.2, 0.25) is 0 Å². The average molecular weight is 374 g/mol. The van der Waals surface area contributed by atoms with E-state index in [1.165, 1.54) is 22.2 Å². The maximum absolute atomic E-state index is 13.0. The molecule has 0 aliphatic carbocycles. The molecule has 7 nitrogen and oxygen atoms in total. The first-order chi connectivity index (χ1) is 13.5. The maximum Gasteiger partial charge on any atom is 0.332 e.